The van der Waals surface area contributed by atoms with Gasteiger partial charge >= 0.3 is 0 Å². The number of thiocarbonyl (C=S) groups is 1. The van der Waals surface area contributed by atoms with Crippen molar-refractivity contribution in [3.8, 4) is 11.5 Å². The number of likely N-dealkylation sites (tertiary alicyclic amines) is 1. The van der Waals surface area contributed by atoms with Crippen LogP contribution in [0.5, 0.6) is 11.5 Å². The summed E-state index contributed by atoms with van der Waals surface area (Å²) in [5.74, 6) is 1.61. The number of nitrogens with zero attached hydrogens (tertiary/aromatic N) is 2. The minimum Gasteiger partial charge on any atom is -0.493 e. The highest BCUT2D eigenvalue weighted by Crippen LogP contribution is 2.50. The minimum atomic E-state index is 0.157. The van der Waals surface area contributed by atoms with Gasteiger partial charge in [-0.1, -0.05) is 36.4 Å². The molecule has 1 saturated heterocycles. The first-order valence-electron chi connectivity index (χ1n) is 11.5. The van der Waals surface area contributed by atoms with Crippen LogP contribution in [0.2, 0.25) is 0 Å². The average molecular weight is 454 g/mol. The van der Waals surface area contributed by atoms with Crippen LogP contribution >= 0.6 is 12.2 Å². The van der Waals surface area contributed by atoms with E-state index in [0.717, 1.165) is 49.0 Å². The summed E-state index contributed by atoms with van der Waals surface area (Å²) in [4.78, 5) is 4.82. The Morgan fingerprint density at radius 1 is 1.12 bits per heavy atom. The number of methoxy groups -OCH3 is 2. The number of hydrogen-bond acceptors (Lipinski definition) is 4. The number of fused-ring (bicyclic) bond motifs is 1. The molecule has 5 nitrogen and oxygen atoms in total. The van der Waals surface area contributed by atoms with Crippen molar-refractivity contribution < 1.29 is 9.47 Å². The number of likely N-dealkylation sites (N-methyl/N-ethyl adjacent to an activating group) is 1. The third kappa shape index (κ3) is 4.30. The van der Waals surface area contributed by atoms with E-state index < -0.39 is 0 Å². The summed E-state index contributed by atoms with van der Waals surface area (Å²) >= 11 is 5.76. The maximum Gasteiger partial charge on any atom is 0.169 e. The van der Waals surface area contributed by atoms with E-state index in [1.165, 1.54) is 17.5 Å². The molecular formula is C26H35N3O2S. The summed E-state index contributed by atoms with van der Waals surface area (Å²) in [6.07, 6.45) is 4.56. The molecule has 1 aliphatic heterocycles. The molecule has 32 heavy (non-hydrogen) atoms. The van der Waals surface area contributed by atoms with Gasteiger partial charge in [-0.2, -0.15) is 0 Å². The molecule has 172 valence electrons. The Morgan fingerprint density at radius 2 is 1.88 bits per heavy atom. The lowest BCUT2D eigenvalue weighted by Gasteiger charge is -2.47. The summed E-state index contributed by atoms with van der Waals surface area (Å²) in [7, 11) is 7.81. The van der Waals surface area contributed by atoms with E-state index >= 15 is 0 Å². The summed E-state index contributed by atoms with van der Waals surface area (Å²) in [5.41, 5.74) is 2.77. The molecule has 1 aliphatic carbocycles. The lowest BCUT2D eigenvalue weighted by molar-refractivity contribution is 0.126. The molecule has 0 unspecified atom stereocenters. The quantitative estimate of drug-likeness (QED) is 0.661. The van der Waals surface area contributed by atoms with Crippen LogP contribution in [-0.2, 0) is 12.0 Å². The van der Waals surface area contributed by atoms with Gasteiger partial charge in [0.25, 0.3) is 0 Å². The third-order valence-corrected chi connectivity index (χ3v) is 8.04. The number of rotatable bonds is 6. The Balaban J connectivity index is 1.48. The first-order chi connectivity index (χ1) is 15.5. The Labute approximate surface area is 197 Å². The summed E-state index contributed by atoms with van der Waals surface area (Å²) in [6, 6.07) is 17.8. The predicted molar refractivity (Wildman–Crippen MR) is 134 cm³/mol. The van der Waals surface area contributed by atoms with Gasteiger partial charge in [0.1, 0.15) is 0 Å². The molecule has 1 saturated carbocycles. The second-order valence-electron chi connectivity index (χ2n) is 9.16. The third-order valence-electron chi connectivity index (χ3n) is 7.61. The van der Waals surface area contributed by atoms with Crippen LogP contribution < -0.4 is 14.8 Å². The van der Waals surface area contributed by atoms with Gasteiger partial charge in [0.2, 0.25) is 0 Å². The Bertz CT molecular complexity index is 938. The summed E-state index contributed by atoms with van der Waals surface area (Å²) in [6.45, 7) is 1.88. The Kier molecular flexibility index (Phi) is 6.91. The fraction of sp³-hybridized carbons (Fsp3) is 0.500. The molecule has 2 fully saturated rings. The minimum absolute atomic E-state index is 0.157. The molecule has 0 spiro atoms. The highest BCUT2D eigenvalue weighted by atomic mass is 32.1. The SMILES string of the molecule is COc1ccc([C@@]23CC[C@H](N(C)C(=S)NCc4ccccc4)C[C@@H]2N(C)CC3)cc1OC. The van der Waals surface area contributed by atoms with Crippen LogP contribution in [0.25, 0.3) is 0 Å². The van der Waals surface area contributed by atoms with E-state index in [4.69, 9.17) is 21.7 Å². The lowest BCUT2D eigenvalue weighted by Crippen LogP contribution is -2.53. The molecule has 2 aliphatic rings. The van der Waals surface area contributed by atoms with E-state index in [0.29, 0.717) is 12.1 Å². The monoisotopic (exact) mass is 453 g/mol. The van der Waals surface area contributed by atoms with E-state index in [1.807, 2.05) is 6.07 Å². The van der Waals surface area contributed by atoms with Gasteiger partial charge in [-0.15, -0.1) is 0 Å². The molecule has 4 rings (SSSR count). The molecule has 0 radical (unpaired) electrons. The van der Waals surface area contributed by atoms with Crippen LogP contribution in [0, 0.1) is 0 Å². The largest absolute Gasteiger partial charge is 0.493 e. The number of hydrogen-bond donors (Lipinski definition) is 1. The van der Waals surface area contributed by atoms with Crippen molar-refractivity contribution in [2.45, 2.75) is 49.7 Å². The molecule has 3 atom stereocenters. The smallest absolute Gasteiger partial charge is 0.169 e. The van der Waals surface area contributed by atoms with Gasteiger partial charge in [0.15, 0.2) is 16.6 Å². The second-order valence-corrected chi connectivity index (χ2v) is 9.54. The lowest BCUT2D eigenvalue weighted by atomic mass is 9.65. The molecule has 6 heteroatoms. The van der Waals surface area contributed by atoms with Crippen molar-refractivity contribution >= 4 is 17.3 Å². The van der Waals surface area contributed by atoms with Crippen LogP contribution in [0.4, 0.5) is 0 Å². The zero-order valence-electron chi connectivity index (χ0n) is 19.6. The van der Waals surface area contributed by atoms with Gasteiger partial charge in [-0.3, -0.25) is 0 Å². The van der Waals surface area contributed by atoms with Crippen molar-refractivity contribution in [2.75, 3.05) is 34.9 Å². The topological polar surface area (TPSA) is 37.0 Å². The van der Waals surface area contributed by atoms with Gasteiger partial charge in [-0.25, -0.2) is 0 Å². The van der Waals surface area contributed by atoms with E-state index in [1.54, 1.807) is 14.2 Å². The van der Waals surface area contributed by atoms with Gasteiger partial charge in [-0.05, 0) is 74.8 Å². The maximum absolute atomic E-state index is 5.76. The van der Waals surface area contributed by atoms with Gasteiger partial charge in [0, 0.05) is 31.1 Å². The zero-order chi connectivity index (χ0) is 22.7. The van der Waals surface area contributed by atoms with Crippen molar-refractivity contribution in [1.29, 1.82) is 0 Å². The predicted octanol–water partition coefficient (Wildman–Crippen LogP) is 4.20. The molecule has 0 aromatic heterocycles. The maximum atomic E-state index is 5.76. The van der Waals surface area contributed by atoms with E-state index in [2.05, 4.69) is 71.7 Å². The number of nitrogens with one attached hydrogen (secondary N) is 1. The first kappa shape index (κ1) is 22.9. The molecule has 2 aromatic carbocycles. The van der Waals surface area contributed by atoms with Crippen LogP contribution in [0.1, 0.15) is 36.8 Å². The molecule has 2 aromatic rings. The van der Waals surface area contributed by atoms with Crippen molar-refractivity contribution in [3.63, 3.8) is 0 Å². The van der Waals surface area contributed by atoms with Crippen LogP contribution in [0.15, 0.2) is 48.5 Å². The highest BCUT2D eigenvalue weighted by Gasteiger charge is 2.51. The number of benzene rings is 2. The fourth-order valence-corrected chi connectivity index (χ4v) is 5.88. The summed E-state index contributed by atoms with van der Waals surface area (Å²) in [5, 5.41) is 4.28. The van der Waals surface area contributed by atoms with Crippen molar-refractivity contribution in [3.05, 3.63) is 59.7 Å². The van der Waals surface area contributed by atoms with Crippen LogP contribution in [-0.4, -0.2) is 61.9 Å². The van der Waals surface area contributed by atoms with Crippen molar-refractivity contribution in [1.82, 2.24) is 15.1 Å². The Morgan fingerprint density at radius 3 is 2.59 bits per heavy atom. The van der Waals surface area contributed by atoms with E-state index in [9.17, 15) is 0 Å². The molecule has 0 bridgehead atoms. The molecule has 1 N–H and O–H groups in total. The second kappa shape index (κ2) is 9.67. The van der Waals surface area contributed by atoms with E-state index in [-0.39, 0.29) is 5.41 Å². The summed E-state index contributed by atoms with van der Waals surface area (Å²) < 4.78 is 11.1. The molecule has 1 heterocycles. The number of ether oxygens (including phenoxy) is 2. The van der Waals surface area contributed by atoms with Gasteiger partial charge in [0.05, 0.1) is 14.2 Å². The standard InChI is InChI=1S/C26H35N3O2S/c1-28-15-14-26(20-10-11-22(30-3)23(16-20)31-4)13-12-21(17-24(26)28)29(2)25(32)27-18-19-8-6-5-7-9-19/h5-11,16,21,24H,12-15,17-18H2,1-4H3,(H,27,32)/t21-,24-,26-/m0/s1. The average Bonchev–Trinajstić information content (AvgIpc) is 3.19. The first-order valence-corrected chi connectivity index (χ1v) is 11.9. The molecular weight excluding hydrogens is 418 g/mol. The zero-order valence-corrected chi connectivity index (χ0v) is 20.5. The van der Waals surface area contributed by atoms with Crippen LogP contribution in [0.3, 0.4) is 0 Å². The highest BCUT2D eigenvalue weighted by molar-refractivity contribution is 7.80. The fourth-order valence-electron chi connectivity index (χ4n) is 5.66. The Hall–Kier alpha value is -2.31. The van der Waals surface area contributed by atoms with Gasteiger partial charge < -0.3 is 24.6 Å². The molecule has 0 amide bonds. The normalized spacial score (nSPS) is 25.1. The van der Waals surface area contributed by atoms with Crippen molar-refractivity contribution in [2.24, 2.45) is 0 Å².